The number of rotatable bonds is 8. The molecule has 0 aromatic heterocycles. The van der Waals surface area contributed by atoms with Crippen LogP contribution < -0.4 is 11.1 Å². The second-order valence-corrected chi connectivity index (χ2v) is 8.03. The lowest BCUT2D eigenvalue weighted by Crippen LogP contribution is -2.35. The van der Waals surface area contributed by atoms with Gasteiger partial charge in [-0.05, 0) is 18.8 Å². The molecule has 1 unspecified atom stereocenters. The summed E-state index contributed by atoms with van der Waals surface area (Å²) in [5.41, 5.74) is 5.45. The van der Waals surface area contributed by atoms with E-state index < -0.39 is 0 Å². The van der Waals surface area contributed by atoms with Crippen LogP contribution in [0.1, 0.15) is 45.4 Å². The molecule has 0 spiro atoms. The smallest absolute Gasteiger partial charge is 0.267 e. The lowest BCUT2D eigenvalue weighted by Gasteiger charge is -2.21. The number of imide groups is 1. The SMILES string of the molecule is CC(CN)C(=O)NCCSC1=CC(=O)N(CC2CCCCCC2)C1=O. The molecule has 0 radical (unpaired) electrons. The predicted octanol–water partition coefficient (Wildman–Crippen LogP) is 1.65. The first kappa shape index (κ1) is 20.0. The van der Waals surface area contributed by atoms with Crippen molar-refractivity contribution in [2.75, 3.05) is 25.4 Å². The van der Waals surface area contributed by atoms with Crippen LogP contribution in [0.3, 0.4) is 0 Å². The Labute approximate surface area is 153 Å². The topological polar surface area (TPSA) is 92.5 Å². The zero-order valence-electron chi connectivity index (χ0n) is 15.0. The summed E-state index contributed by atoms with van der Waals surface area (Å²) in [5, 5.41) is 2.79. The number of hydrogen-bond donors (Lipinski definition) is 2. The molecular formula is C18H29N3O3S. The van der Waals surface area contributed by atoms with Gasteiger partial charge in [0, 0.05) is 37.4 Å². The first-order chi connectivity index (χ1) is 12.0. The molecule has 2 rings (SSSR count). The van der Waals surface area contributed by atoms with Gasteiger partial charge in [0.1, 0.15) is 0 Å². The van der Waals surface area contributed by atoms with Crippen LogP contribution in [-0.4, -0.2) is 48.0 Å². The van der Waals surface area contributed by atoms with Crippen molar-refractivity contribution >= 4 is 29.5 Å². The van der Waals surface area contributed by atoms with Gasteiger partial charge in [-0.25, -0.2) is 0 Å². The van der Waals surface area contributed by atoms with Crippen molar-refractivity contribution < 1.29 is 14.4 Å². The predicted molar refractivity (Wildman–Crippen MR) is 99.7 cm³/mol. The molecular weight excluding hydrogens is 338 g/mol. The third kappa shape index (κ3) is 5.85. The fourth-order valence-corrected chi connectivity index (χ4v) is 4.02. The third-order valence-corrected chi connectivity index (χ3v) is 5.86. The molecule has 7 heteroatoms. The maximum Gasteiger partial charge on any atom is 0.267 e. The second-order valence-electron chi connectivity index (χ2n) is 6.90. The Balaban J connectivity index is 1.75. The van der Waals surface area contributed by atoms with Crippen LogP contribution in [0.5, 0.6) is 0 Å². The van der Waals surface area contributed by atoms with Crippen molar-refractivity contribution in [2.45, 2.75) is 45.4 Å². The first-order valence-corrected chi connectivity index (χ1v) is 10.2. The van der Waals surface area contributed by atoms with Crippen LogP contribution in [0.15, 0.2) is 11.0 Å². The summed E-state index contributed by atoms with van der Waals surface area (Å²) in [7, 11) is 0. The molecule has 1 aliphatic carbocycles. The van der Waals surface area contributed by atoms with Crippen LogP contribution in [0.25, 0.3) is 0 Å². The van der Waals surface area contributed by atoms with Gasteiger partial charge in [-0.3, -0.25) is 19.3 Å². The summed E-state index contributed by atoms with van der Waals surface area (Å²) in [5.74, 6) is 0.323. The van der Waals surface area contributed by atoms with Crippen LogP contribution in [0.4, 0.5) is 0 Å². The van der Waals surface area contributed by atoms with Crippen molar-refractivity contribution in [2.24, 2.45) is 17.6 Å². The van der Waals surface area contributed by atoms with E-state index in [2.05, 4.69) is 5.32 Å². The Bertz CT molecular complexity index is 528. The number of amides is 3. The van der Waals surface area contributed by atoms with E-state index in [9.17, 15) is 14.4 Å². The minimum absolute atomic E-state index is 0.0825. The van der Waals surface area contributed by atoms with Gasteiger partial charge in [0.2, 0.25) is 5.91 Å². The Hall–Kier alpha value is -1.34. The quantitative estimate of drug-likeness (QED) is 0.387. The number of carbonyl (C=O) groups excluding carboxylic acids is 3. The fraction of sp³-hybridized carbons (Fsp3) is 0.722. The van der Waals surface area contributed by atoms with Crippen LogP contribution in [-0.2, 0) is 14.4 Å². The molecule has 1 heterocycles. The van der Waals surface area contributed by atoms with Gasteiger partial charge >= 0.3 is 0 Å². The highest BCUT2D eigenvalue weighted by Gasteiger charge is 2.32. The van der Waals surface area contributed by atoms with Gasteiger partial charge in [-0.2, -0.15) is 0 Å². The van der Waals surface area contributed by atoms with Gasteiger partial charge in [0.25, 0.3) is 11.8 Å². The maximum absolute atomic E-state index is 12.5. The van der Waals surface area contributed by atoms with Crippen LogP contribution in [0.2, 0.25) is 0 Å². The summed E-state index contributed by atoms with van der Waals surface area (Å²) in [6, 6.07) is 0. The van der Waals surface area contributed by atoms with E-state index in [4.69, 9.17) is 5.73 Å². The van der Waals surface area contributed by atoms with E-state index in [-0.39, 0.29) is 23.6 Å². The highest BCUT2D eigenvalue weighted by atomic mass is 32.2. The van der Waals surface area contributed by atoms with Crippen molar-refractivity contribution in [3.8, 4) is 0 Å². The van der Waals surface area contributed by atoms with Crippen molar-refractivity contribution in [3.63, 3.8) is 0 Å². The summed E-state index contributed by atoms with van der Waals surface area (Å²) < 4.78 is 0. The highest BCUT2D eigenvalue weighted by molar-refractivity contribution is 8.04. The van der Waals surface area contributed by atoms with E-state index in [1.54, 1.807) is 6.92 Å². The van der Waals surface area contributed by atoms with Crippen molar-refractivity contribution in [1.29, 1.82) is 0 Å². The lowest BCUT2D eigenvalue weighted by atomic mass is 10.00. The number of nitrogens with one attached hydrogen (secondary N) is 1. The molecule has 1 fully saturated rings. The van der Waals surface area contributed by atoms with Gasteiger partial charge in [0.05, 0.1) is 4.91 Å². The molecule has 6 nitrogen and oxygen atoms in total. The molecule has 1 saturated carbocycles. The average molecular weight is 368 g/mol. The second kappa shape index (κ2) is 9.97. The molecule has 140 valence electrons. The van der Waals surface area contributed by atoms with Gasteiger partial charge in [-0.1, -0.05) is 32.6 Å². The zero-order valence-corrected chi connectivity index (χ0v) is 15.8. The molecule has 1 aliphatic heterocycles. The van der Waals surface area contributed by atoms with Gasteiger partial charge in [-0.15, -0.1) is 11.8 Å². The monoisotopic (exact) mass is 367 g/mol. The third-order valence-electron chi connectivity index (χ3n) is 4.85. The van der Waals surface area contributed by atoms with Gasteiger partial charge < -0.3 is 11.1 Å². The molecule has 3 amide bonds. The Kier molecular flexibility index (Phi) is 7.96. The summed E-state index contributed by atoms with van der Waals surface area (Å²) in [6.45, 7) is 3.08. The minimum atomic E-state index is -0.214. The Morgan fingerprint density at radius 1 is 1.32 bits per heavy atom. The molecule has 0 aromatic rings. The summed E-state index contributed by atoms with van der Waals surface area (Å²) in [6.07, 6.45) is 8.54. The largest absolute Gasteiger partial charge is 0.355 e. The number of carbonyl (C=O) groups is 3. The first-order valence-electron chi connectivity index (χ1n) is 9.21. The standard InChI is InChI=1S/C18H29N3O3S/c1-13(11-19)17(23)20-8-9-25-15-10-16(22)21(18(15)24)12-14-6-4-2-3-5-7-14/h10,13-14H,2-9,11-12,19H2,1H3,(H,20,23). The molecule has 0 bridgehead atoms. The average Bonchev–Trinajstić information content (AvgIpc) is 2.79. The molecule has 0 aromatic carbocycles. The summed E-state index contributed by atoms with van der Waals surface area (Å²) >= 11 is 1.33. The lowest BCUT2D eigenvalue weighted by molar-refractivity contribution is -0.137. The van der Waals surface area contributed by atoms with E-state index >= 15 is 0 Å². The highest BCUT2D eigenvalue weighted by Crippen LogP contribution is 2.28. The summed E-state index contributed by atoms with van der Waals surface area (Å²) in [4.78, 5) is 38.2. The number of hydrogen-bond acceptors (Lipinski definition) is 5. The van der Waals surface area contributed by atoms with Crippen LogP contribution in [0, 0.1) is 11.8 Å². The number of nitrogens with zero attached hydrogens (tertiary/aromatic N) is 1. The Morgan fingerprint density at radius 2 is 2.00 bits per heavy atom. The molecule has 3 N–H and O–H groups in total. The zero-order chi connectivity index (χ0) is 18.2. The normalized spacial score (nSPS) is 20.4. The van der Waals surface area contributed by atoms with Crippen LogP contribution >= 0.6 is 11.8 Å². The molecule has 1 atom stereocenters. The molecule has 25 heavy (non-hydrogen) atoms. The van der Waals surface area contributed by atoms with Gasteiger partial charge in [0.15, 0.2) is 0 Å². The van der Waals surface area contributed by atoms with E-state index in [0.717, 1.165) is 12.8 Å². The van der Waals surface area contributed by atoms with Crippen molar-refractivity contribution in [3.05, 3.63) is 11.0 Å². The number of thioether (sulfide) groups is 1. The molecule has 2 aliphatic rings. The maximum atomic E-state index is 12.5. The minimum Gasteiger partial charge on any atom is -0.355 e. The van der Waals surface area contributed by atoms with E-state index in [1.807, 2.05) is 0 Å². The van der Waals surface area contributed by atoms with E-state index in [0.29, 0.717) is 36.2 Å². The fourth-order valence-electron chi connectivity index (χ4n) is 3.18. The Morgan fingerprint density at radius 3 is 2.64 bits per heavy atom. The molecule has 0 saturated heterocycles. The van der Waals surface area contributed by atoms with E-state index in [1.165, 1.54) is 48.4 Å². The van der Waals surface area contributed by atoms with Crippen molar-refractivity contribution in [1.82, 2.24) is 10.2 Å². The number of nitrogens with two attached hydrogens (primary N) is 1.